The van der Waals surface area contributed by atoms with E-state index in [1.54, 1.807) is 19.9 Å². The predicted molar refractivity (Wildman–Crippen MR) is 48.3 cm³/mol. The van der Waals surface area contributed by atoms with E-state index in [0.717, 1.165) is 0 Å². The second-order valence-electron chi connectivity index (χ2n) is 2.45. The fourth-order valence-electron chi connectivity index (χ4n) is 0.425. The van der Waals surface area contributed by atoms with Gasteiger partial charge in [0.1, 0.15) is 0 Å². The van der Waals surface area contributed by atoms with Crippen LogP contribution in [0, 0.1) is 0 Å². The van der Waals surface area contributed by atoms with Crippen molar-refractivity contribution in [3.05, 3.63) is 11.6 Å². The molecule has 84 valence electrons. The van der Waals surface area contributed by atoms with E-state index in [9.17, 15) is 9.13 Å². The van der Waals surface area contributed by atoms with Gasteiger partial charge in [0.05, 0.1) is 6.61 Å². The molecule has 7 nitrogen and oxygen atoms in total. The Bertz CT molecular complexity index is 303. The summed E-state index contributed by atoms with van der Waals surface area (Å²) in [5, 5.41) is 0. The second-order valence-corrected chi connectivity index (χ2v) is 5.28. The van der Waals surface area contributed by atoms with Gasteiger partial charge in [0.25, 0.3) is 0 Å². The van der Waals surface area contributed by atoms with Gasteiger partial charge in [-0.05, 0) is 13.8 Å². The molecule has 0 heterocycles. The average Bonchev–Trinajstić information content (AvgIpc) is 1.96. The molecule has 0 spiro atoms. The molecule has 0 aromatic heterocycles. The van der Waals surface area contributed by atoms with Crippen LogP contribution < -0.4 is 0 Å². The third-order valence-electron chi connectivity index (χ3n) is 1.16. The summed E-state index contributed by atoms with van der Waals surface area (Å²) in [5.41, 5.74) is 0.633. The van der Waals surface area contributed by atoms with Crippen LogP contribution in [0.1, 0.15) is 13.8 Å². The van der Waals surface area contributed by atoms with E-state index in [1.807, 2.05) is 0 Å². The fourth-order valence-corrected chi connectivity index (χ4v) is 2.06. The van der Waals surface area contributed by atoms with E-state index in [0.29, 0.717) is 5.57 Å². The molecule has 3 N–H and O–H groups in total. The quantitative estimate of drug-likeness (QED) is 0.493. The zero-order chi connectivity index (χ0) is 11.4. The van der Waals surface area contributed by atoms with Gasteiger partial charge in [-0.2, -0.15) is 4.31 Å². The van der Waals surface area contributed by atoms with Crippen LogP contribution in [-0.2, 0) is 18.0 Å². The zero-order valence-corrected chi connectivity index (χ0v) is 9.44. The first-order valence-corrected chi connectivity index (χ1v) is 6.55. The van der Waals surface area contributed by atoms with E-state index < -0.39 is 15.6 Å². The third-order valence-corrected chi connectivity index (χ3v) is 3.29. The molecular formula is C5H12O7P2. The summed E-state index contributed by atoms with van der Waals surface area (Å²) in [5.74, 6) is 0. The monoisotopic (exact) mass is 246 g/mol. The first-order valence-electron chi connectivity index (χ1n) is 3.52. The van der Waals surface area contributed by atoms with E-state index in [2.05, 4.69) is 8.83 Å². The highest BCUT2D eigenvalue weighted by molar-refractivity contribution is 7.60. The average molecular weight is 246 g/mol. The van der Waals surface area contributed by atoms with Crippen molar-refractivity contribution in [1.82, 2.24) is 0 Å². The molecule has 1 atom stereocenters. The van der Waals surface area contributed by atoms with Gasteiger partial charge in [-0.3, -0.25) is 4.52 Å². The number of phosphoric acid groups is 2. The lowest BCUT2D eigenvalue weighted by atomic mass is 10.3. The molecule has 0 aliphatic rings. The van der Waals surface area contributed by atoms with E-state index in [1.165, 1.54) is 0 Å². The molecule has 9 heteroatoms. The minimum Gasteiger partial charge on any atom is -0.302 e. The van der Waals surface area contributed by atoms with Gasteiger partial charge in [0, 0.05) is 0 Å². The Balaban J connectivity index is 4.23. The maximum Gasteiger partial charge on any atom is 0.481 e. The maximum atomic E-state index is 10.8. The summed E-state index contributed by atoms with van der Waals surface area (Å²) in [4.78, 5) is 25.3. The van der Waals surface area contributed by atoms with Crippen LogP contribution in [0.15, 0.2) is 11.6 Å². The van der Waals surface area contributed by atoms with E-state index >= 15 is 0 Å². The van der Waals surface area contributed by atoms with Crippen LogP contribution in [0.25, 0.3) is 0 Å². The molecule has 1 unspecified atom stereocenters. The number of hydrogen-bond donors (Lipinski definition) is 3. The molecule has 0 aliphatic heterocycles. The number of phosphoric ester groups is 1. The summed E-state index contributed by atoms with van der Waals surface area (Å²) in [7, 11) is -9.70. The van der Waals surface area contributed by atoms with E-state index in [4.69, 9.17) is 14.7 Å². The molecule has 0 bridgehead atoms. The molecule has 0 aromatic carbocycles. The first kappa shape index (κ1) is 14.0. The van der Waals surface area contributed by atoms with Crippen molar-refractivity contribution in [3.8, 4) is 0 Å². The van der Waals surface area contributed by atoms with Gasteiger partial charge < -0.3 is 14.7 Å². The maximum absolute atomic E-state index is 10.8. The lowest BCUT2D eigenvalue weighted by Gasteiger charge is -2.12. The van der Waals surface area contributed by atoms with Gasteiger partial charge >= 0.3 is 15.6 Å². The van der Waals surface area contributed by atoms with Gasteiger partial charge in [-0.25, -0.2) is 9.13 Å². The molecule has 0 amide bonds. The van der Waals surface area contributed by atoms with Crippen LogP contribution in [0.3, 0.4) is 0 Å². The van der Waals surface area contributed by atoms with Crippen molar-refractivity contribution in [2.24, 2.45) is 0 Å². The summed E-state index contributed by atoms with van der Waals surface area (Å²) < 4.78 is 28.9. The fraction of sp³-hybridized carbons (Fsp3) is 0.600. The van der Waals surface area contributed by atoms with Crippen molar-refractivity contribution in [2.45, 2.75) is 13.8 Å². The van der Waals surface area contributed by atoms with Gasteiger partial charge in [-0.1, -0.05) is 11.6 Å². The largest absolute Gasteiger partial charge is 0.481 e. The Morgan fingerprint density at radius 2 is 1.86 bits per heavy atom. The smallest absolute Gasteiger partial charge is 0.302 e. The number of allylic oxidation sites excluding steroid dienone is 1. The lowest BCUT2D eigenvalue weighted by molar-refractivity contribution is 0.188. The molecule has 0 saturated heterocycles. The SMILES string of the molecule is C/C=C(\C)COP(=O)(O)OP(=O)(O)O. The minimum atomic E-state index is -5.01. The molecular weight excluding hydrogens is 234 g/mol. The standard InChI is InChI=1S/C5H12O7P2/c1-3-5(2)4-11-14(9,10)12-13(6,7)8/h3H,4H2,1-2H3,(H,9,10)(H2,6,7,8)/b5-3+. The molecule has 0 aliphatic carbocycles. The van der Waals surface area contributed by atoms with Gasteiger partial charge in [-0.15, -0.1) is 0 Å². The summed E-state index contributed by atoms with van der Waals surface area (Å²) in [6.07, 6.45) is 1.62. The highest BCUT2D eigenvalue weighted by Gasteiger charge is 2.32. The molecule has 0 saturated carbocycles. The number of hydrogen-bond acceptors (Lipinski definition) is 4. The van der Waals surface area contributed by atoms with Crippen LogP contribution in [0.4, 0.5) is 0 Å². The Morgan fingerprint density at radius 1 is 1.36 bits per heavy atom. The van der Waals surface area contributed by atoms with Crippen molar-refractivity contribution in [1.29, 1.82) is 0 Å². The van der Waals surface area contributed by atoms with E-state index in [-0.39, 0.29) is 6.61 Å². The summed E-state index contributed by atoms with van der Waals surface area (Å²) in [6, 6.07) is 0. The van der Waals surface area contributed by atoms with Crippen molar-refractivity contribution < 1.29 is 32.6 Å². The highest BCUT2D eigenvalue weighted by Crippen LogP contribution is 2.57. The Morgan fingerprint density at radius 3 is 2.21 bits per heavy atom. The Hall–Kier alpha value is -0.0000000000000000416. The molecule has 14 heavy (non-hydrogen) atoms. The minimum absolute atomic E-state index is 0.232. The van der Waals surface area contributed by atoms with Crippen LogP contribution in [0.2, 0.25) is 0 Å². The Kier molecular flexibility index (Phi) is 5.19. The van der Waals surface area contributed by atoms with Crippen molar-refractivity contribution >= 4 is 15.6 Å². The van der Waals surface area contributed by atoms with Gasteiger partial charge in [0.2, 0.25) is 0 Å². The first-order chi connectivity index (χ1) is 6.16. The Labute approximate surface area is 81.2 Å². The van der Waals surface area contributed by atoms with Gasteiger partial charge in [0.15, 0.2) is 0 Å². The molecule has 0 rings (SSSR count). The second kappa shape index (κ2) is 5.19. The topological polar surface area (TPSA) is 113 Å². The summed E-state index contributed by atoms with van der Waals surface area (Å²) in [6.45, 7) is 3.08. The highest BCUT2D eigenvalue weighted by atomic mass is 31.3. The molecule has 0 fully saturated rings. The normalized spacial score (nSPS) is 17.9. The number of rotatable bonds is 5. The van der Waals surface area contributed by atoms with Crippen LogP contribution >= 0.6 is 15.6 Å². The summed E-state index contributed by atoms with van der Waals surface area (Å²) >= 11 is 0. The molecule has 0 aromatic rings. The molecule has 0 radical (unpaired) electrons. The zero-order valence-electron chi connectivity index (χ0n) is 7.65. The predicted octanol–water partition coefficient (Wildman–Crippen LogP) is 1.18. The third kappa shape index (κ3) is 7.41. The van der Waals surface area contributed by atoms with Crippen molar-refractivity contribution in [2.75, 3.05) is 6.61 Å². The lowest BCUT2D eigenvalue weighted by Crippen LogP contribution is -1.96. The van der Waals surface area contributed by atoms with Crippen LogP contribution in [0.5, 0.6) is 0 Å². The van der Waals surface area contributed by atoms with Crippen molar-refractivity contribution in [3.63, 3.8) is 0 Å². The van der Waals surface area contributed by atoms with Crippen LogP contribution in [-0.4, -0.2) is 21.3 Å².